The van der Waals surface area contributed by atoms with E-state index >= 15 is 0 Å². The second-order valence-corrected chi connectivity index (χ2v) is 6.79. The Kier molecular flexibility index (Phi) is 5.55. The van der Waals surface area contributed by atoms with E-state index in [1.54, 1.807) is 19.5 Å². The minimum absolute atomic E-state index is 0.173. The van der Waals surface area contributed by atoms with Crippen molar-refractivity contribution < 1.29 is 14.3 Å². The van der Waals surface area contributed by atoms with E-state index in [4.69, 9.17) is 9.47 Å². The lowest BCUT2D eigenvalue weighted by molar-refractivity contribution is 0.0360. The van der Waals surface area contributed by atoms with Gasteiger partial charge in [-0.15, -0.1) is 0 Å². The quantitative estimate of drug-likeness (QED) is 0.712. The van der Waals surface area contributed by atoms with Gasteiger partial charge in [0.2, 0.25) is 0 Å². The predicted molar refractivity (Wildman–Crippen MR) is 108 cm³/mol. The van der Waals surface area contributed by atoms with Crippen LogP contribution in [0, 0.1) is 0 Å². The van der Waals surface area contributed by atoms with Crippen LogP contribution in [0.15, 0.2) is 48.8 Å². The summed E-state index contributed by atoms with van der Waals surface area (Å²) in [5.41, 5.74) is 1.30. The zero-order chi connectivity index (χ0) is 19.3. The van der Waals surface area contributed by atoms with Gasteiger partial charge in [-0.2, -0.15) is 5.10 Å². The maximum absolute atomic E-state index is 12.7. The molecule has 7 heteroatoms. The Morgan fingerprint density at radius 3 is 2.89 bits per heavy atom. The summed E-state index contributed by atoms with van der Waals surface area (Å²) in [6.45, 7) is 5.09. The molecule has 0 aliphatic carbocycles. The summed E-state index contributed by atoms with van der Waals surface area (Å²) in [5.74, 6) is 0.582. The Morgan fingerprint density at radius 2 is 2.07 bits per heavy atom. The molecule has 0 spiro atoms. The number of morpholine rings is 1. The Hall–Kier alpha value is -2.90. The van der Waals surface area contributed by atoms with E-state index in [-0.39, 0.29) is 5.91 Å². The average molecular weight is 380 g/mol. The third-order valence-electron chi connectivity index (χ3n) is 4.98. The van der Waals surface area contributed by atoms with Crippen molar-refractivity contribution in [3.63, 3.8) is 0 Å². The molecule has 1 aromatic heterocycles. The molecule has 146 valence electrons. The van der Waals surface area contributed by atoms with Gasteiger partial charge in [0.15, 0.2) is 0 Å². The van der Waals surface area contributed by atoms with Crippen LogP contribution >= 0.6 is 0 Å². The molecule has 2 heterocycles. The molecule has 28 heavy (non-hydrogen) atoms. The van der Waals surface area contributed by atoms with E-state index < -0.39 is 0 Å². The van der Waals surface area contributed by atoms with E-state index in [0.717, 1.165) is 61.6 Å². The first kappa shape index (κ1) is 18.5. The molecule has 0 bridgehead atoms. The number of hydrogen-bond acceptors (Lipinski definition) is 5. The summed E-state index contributed by atoms with van der Waals surface area (Å²) in [6.07, 6.45) is 3.40. The van der Waals surface area contributed by atoms with Crippen LogP contribution in [0.3, 0.4) is 0 Å². The fourth-order valence-electron chi connectivity index (χ4n) is 3.35. The molecular weight excluding hydrogens is 356 g/mol. The molecular formula is C21H24N4O3. The van der Waals surface area contributed by atoms with Crippen molar-refractivity contribution in [3.8, 4) is 5.75 Å². The summed E-state index contributed by atoms with van der Waals surface area (Å²) in [4.78, 5) is 15.1. The number of nitrogens with zero attached hydrogens (tertiary/aromatic N) is 3. The molecule has 0 unspecified atom stereocenters. The Morgan fingerprint density at radius 1 is 1.21 bits per heavy atom. The number of anilines is 1. The van der Waals surface area contributed by atoms with Gasteiger partial charge < -0.3 is 14.8 Å². The largest absolute Gasteiger partial charge is 0.497 e. The van der Waals surface area contributed by atoms with Crippen molar-refractivity contribution >= 4 is 22.4 Å². The highest BCUT2D eigenvalue weighted by molar-refractivity contribution is 6.09. The maximum Gasteiger partial charge on any atom is 0.258 e. The van der Waals surface area contributed by atoms with Crippen LogP contribution in [-0.4, -0.2) is 60.5 Å². The van der Waals surface area contributed by atoms with Gasteiger partial charge in [-0.1, -0.05) is 18.2 Å². The third-order valence-corrected chi connectivity index (χ3v) is 4.98. The van der Waals surface area contributed by atoms with Crippen molar-refractivity contribution in [1.82, 2.24) is 14.7 Å². The lowest BCUT2D eigenvalue weighted by atomic mass is 10.1. The molecule has 4 rings (SSSR count). The normalized spacial score (nSPS) is 14.9. The number of hydrogen-bond donors (Lipinski definition) is 1. The molecule has 7 nitrogen and oxygen atoms in total. The molecule has 1 amide bonds. The number of nitrogens with one attached hydrogen (secondary N) is 1. The molecule has 1 aliphatic rings. The molecule has 1 aliphatic heterocycles. The molecule has 0 atom stereocenters. The Balaban J connectivity index is 1.44. The molecule has 3 aromatic rings. The second kappa shape index (κ2) is 8.41. The minimum Gasteiger partial charge on any atom is -0.497 e. The summed E-state index contributed by atoms with van der Waals surface area (Å²) < 4.78 is 12.5. The SMILES string of the molecule is COc1ccc2cccc(NC(=O)c3cnn(CCN4CCOCC4)c3)c2c1. The predicted octanol–water partition coefficient (Wildman–Crippen LogP) is 2.63. The number of carbonyl (C=O) groups excluding carboxylic acids is 1. The molecule has 0 saturated carbocycles. The fraction of sp³-hybridized carbons (Fsp3) is 0.333. The highest BCUT2D eigenvalue weighted by Gasteiger charge is 2.13. The third kappa shape index (κ3) is 4.16. The van der Waals surface area contributed by atoms with Gasteiger partial charge >= 0.3 is 0 Å². The van der Waals surface area contributed by atoms with Crippen molar-refractivity contribution in [1.29, 1.82) is 0 Å². The number of methoxy groups -OCH3 is 1. The molecule has 1 N–H and O–H groups in total. The molecule has 2 aromatic carbocycles. The number of carbonyl (C=O) groups is 1. The van der Waals surface area contributed by atoms with Gasteiger partial charge in [-0.25, -0.2) is 0 Å². The van der Waals surface area contributed by atoms with Gasteiger partial charge in [0, 0.05) is 36.9 Å². The fourth-order valence-corrected chi connectivity index (χ4v) is 3.35. The lowest BCUT2D eigenvalue weighted by Gasteiger charge is -2.26. The van der Waals surface area contributed by atoms with Crippen LogP contribution in [0.1, 0.15) is 10.4 Å². The second-order valence-electron chi connectivity index (χ2n) is 6.79. The number of aromatic nitrogens is 2. The van der Waals surface area contributed by atoms with Gasteiger partial charge in [0.05, 0.1) is 38.6 Å². The smallest absolute Gasteiger partial charge is 0.258 e. The van der Waals surface area contributed by atoms with Gasteiger partial charge in [-0.05, 0) is 23.6 Å². The van der Waals surface area contributed by atoms with Crippen LogP contribution in [0.4, 0.5) is 5.69 Å². The first-order valence-corrected chi connectivity index (χ1v) is 9.43. The number of ether oxygens (including phenoxy) is 2. The van der Waals surface area contributed by atoms with E-state index in [9.17, 15) is 4.79 Å². The summed E-state index contributed by atoms with van der Waals surface area (Å²) >= 11 is 0. The van der Waals surface area contributed by atoms with Crippen molar-refractivity contribution in [3.05, 3.63) is 54.4 Å². The van der Waals surface area contributed by atoms with Gasteiger partial charge in [0.25, 0.3) is 5.91 Å². The van der Waals surface area contributed by atoms with Crippen LogP contribution in [0.25, 0.3) is 10.8 Å². The standard InChI is InChI=1S/C21H24N4O3/c1-27-18-6-5-16-3-2-4-20(19(16)13-18)23-21(26)17-14-22-25(15-17)8-7-24-9-11-28-12-10-24/h2-6,13-15H,7-12H2,1H3,(H,23,26). The summed E-state index contributed by atoms with van der Waals surface area (Å²) in [6, 6.07) is 11.6. The number of benzene rings is 2. The topological polar surface area (TPSA) is 68.6 Å². The number of amides is 1. The molecule has 1 fully saturated rings. The van der Waals surface area contributed by atoms with E-state index in [0.29, 0.717) is 5.56 Å². The van der Waals surface area contributed by atoms with Gasteiger partial charge in [-0.3, -0.25) is 14.4 Å². The maximum atomic E-state index is 12.7. The van der Waals surface area contributed by atoms with Crippen molar-refractivity contribution in [2.45, 2.75) is 6.54 Å². The monoisotopic (exact) mass is 380 g/mol. The highest BCUT2D eigenvalue weighted by atomic mass is 16.5. The van der Waals surface area contributed by atoms with E-state index in [1.807, 2.05) is 41.1 Å². The number of rotatable bonds is 6. The van der Waals surface area contributed by atoms with Crippen LogP contribution in [0.5, 0.6) is 5.75 Å². The zero-order valence-electron chi connectivity index (χ0n) is 15.9. The Labute approximate surface area is 163 Å². The van der Waals surface area contributed by atoms with Crippen molar-refractivity contribution in [2.75, 3.05) is 45.3 Å². The average Bonchev–Trinajstić information content (AvgIpc) is 3.22. The van der Waals surface area contributed by atoms with Crippen molar-refractivity contribution in [2.24, 2.45) is 0 Å². The lowest BCUT2D eigenvalue weighted by Crippen LogP contribution is -2.38. The van der Waals surface area contributed by atoms with E-state index in [1.165, 1.54) is 0 Å². The summed E-state index contributed by atoms with van der Waals surface area (Å²) in [7, 11) is 1.63. The zero-order valence-corrected chi connectivity index (χ0v) is 15.9. The summed E-state index contributed by atoms with van der Waals surface area (Å²) in [5, 5.41) is 9.31. The van der Waals surface area contributed by atoms with E-state index in [2.05, 4.69) is 15.3 Å². The van der Waals surface area contributed by atoms with Crippen LogP contribution in [0.2, 0.25) is 0 Å². The first-order valence-electron chi connectivity index (χ1n) is 9.43. The highest BCUT2D eigenvalue weighted by Crippen LogP contribution is 2.27. The molecule has 1 saturated heterocycles. The Bertz CT molecular complexity index is 963. The number of fused-ring (bicyclic) bond motifs is 1. The van der Waals surface area contributed by atoms with Crippen LogP contribution < -0.4 is 10.1 Å². The molecule has 0 radical (unpaired) electrons. The van der Waals surface area contributed by atoms with Gasteiger partial charge in [0.1, 0.15) is 5.75 Å². The minimum atomic E-state index is -0.173. The first-order chi connectivity index (χ1) is 13.7. The van der Waals surface area contributed by atoms with Crippen LogP contribution in [-0.2, 0) is 11.3 Å².